The first-order chi connectivity index (χ1) is 22.9. The molecule has 0 aliphatic rings. The molecule has 0 saturated heterocycles. The summed E-state index contributed by atoms with van der Waals surface area (Å²) in [5, 5.41) is 0. The lowest BCUT2D eigenvalue weighted by atomic mass is 10.0. The highest BCUT2D eigenvalue weighted by Crippen LogP contribution is 2.13. The highest BCUT2D eigenvalue weighted by molar-refractivity contribution is 4.49. The zero-order valence-corrected chi connectivity index (χ0v) is 30.1. The van der Waals surface area contributed by atoms with E-state index >= 15 is 0 Å². The molecule has 0 rings (SSSR count). The molecule has 0 amide bonds. The molecule has 10 nitrogen and oxygen atoms in total. The normalized spacial score (nSPS) is 11.6. The van der Waals surface area contributed by atoms with Crippen molar-refractivity contribution in [2.24, 2.45) is 0 Å². The van der Waals surface area contributed by atoms with Crippen molar-refractivity contribution >= 4 is 0 Å². The summed E-state index contributed by atoms with van der Waals surface area (Å²) in [4.78, 5) is 0. The first kappa shape index (κ1) is 45.6. The van der Waals surface area contributed by atoms with E-state index in [-0.39, 0.29) is 0 Å². The summed E-state index contributed by atoms with van der Waals surface area (Å²) in [6.07, 6.45) is 19.3. The lowest BCUT2D eigenvalue weighted by Crippen LogP contribution is -2.15. The quantitative estimate of drug-likeness (QED) is 0.0659. The van der Waals surface area contributed by atoms with Crippen LogP contribution in [0.1, 0.15) is 104 Å². The second-order valence-corrected chi connectivity index (χ2v) is 11.3. The van der Waals surface area contributed by atoms with Gasteiger partial charge in [-0.1, -0.05) is 90.4 Å². The molecule has 0 radical (unpaired) electrons. The fourth-order valence-corrected chi connectivity index (χ4v) is 4.52. The second kappa shape index (κ2) is 44.6. The van der Waals surface area contributed by atoms with E-state index in [1.807, 2.05) is 6.92 Å². The van der Waals surface area contributed by atoms with Gasteiger partial charge in [0.1, 0.15) is 0 Å². The van der Waals surface area contributed by atoms with Gasteiger partial charge >= 0.3 is 0 Å². The predicted molar refractivity (Wildman–Crippen MR) is 184 cm³/mol. The molecule has 10 heteroatoms. The third kappa shape index (κ3) is 43.6. The molecule has 0 aromatic rings. The molecule has 0 heterocycles. The maximum absolute atomic E-state index is 5.68. The highest BCUT2D eigenvalue weighted by atomic mass is 16.6. The van der Waals surface area contributed by atoms with Crippen molar-refractivity contribution in [3.8, 4) is 0 Å². The number of rotatable bonds is 43. The zero-order chi connectivity index (χ0) is 33.1. The SMILES string of the molecule is CCCCCCCCCCCCCCCCOCCOCCOCCOCCOCCOCCOCCOCCOCCOCC. The first-order valence-corrected chi connectivity index (χ1v) is 18.7. The Morgan fingerprint density at radius 1 is 0.196 bits per heavy atom. The van der Waals surface area contributed by atoms with E-state index in [0.29, 0.717) is 126 Å². The molecule has 278 valence electrons. The van der Waals surface area contributed by atoms with Gasteiger partial charge in [-0.3, -0.25) is 0 Å². The van der Waals surface area contributed by atoms with Gasteiger partial charge in [0.2, 0.25) is 0 Å². The van der Waals surface area contributed by atoms with Gasteiger partial charge in [-0.05, 0) is 13.3 Å². The van der Waals surface area contributed by atoms with E-state index in [4.69, 9.17) is 47.4 Å². The Morgan fingerprint density at radius 2 is 0.391 bits per heavy atom. The van der Waals surface area contributed by atoms with E-state index in [1.54, 1.807) is 0 Å². The van der Waals surface area contributed by atoms with Gasteiger partial charge in [-0.2, -0.15) is 0 Å². The van der Waals surface area contributed by atoms with Crippen LogP contribution in [-0.4, -0.2) is 132 Å². The van der Waals surface area contributed by atoms with E-state index in [1.165, 1.54) is 83.5 Å². The van der Waals surface area contributed by atoms with Gasteiger partial charge in [-0.25, -0.2) is 0 Å². The topological polar surface area (TPSA) is 92.3 Å². The van der Waals surface area contributed by atoms with Gasteiger partial charge in [0.15, 0.2) is 0 Å². The summed E-state index contributed by atoms with van der Waals surface area (Å²) in [6.45, 7) is 16.0. The van der Waals surface area contributed by atoms with Crippen molar-refractivity contribution in [1.29, 1.82) is 0 Å². The molecule has 0 aliphatic heterocycles. The predicted octanol–water partition coefficient (Wildman–Crippen LogP) is 6.65. The van der Waals surface area contributed by atoms with Crippen molar-refractivity contribution in [1.82, 2.24) is 0 Å². The van der Waals surface area contributed by atoms with Crippen LogP contribution in [0.15, 0.2) is 0 Å². The average molecular weight is 667 g/mol. The standard InChI is InChI=1S/C36H74O10/c1-3-5-6-7-8-9-10-11-12-13-14-15-16-17-18-38-21-22-40-25-26-42-29-30-44-33-34-46-36-35-45-32-31-43-28-27-41-24-23-39-20-19-37-4-2/h3-36H2,1-2H3. The minimum Gasteiger partial charge on any atom is -0.379 e. The van der Waals surface area contributed by atoms with Gasteiger partial charge in [-0.15, -0.1) is 0 Å². The van der Waals surface area contributed by atoms with Crippen LogP contribution in [-0.2, 0) is 47.4 Å². The molecule has 0 fully saturated rings. The number of unbranched alkanes of at least 4 members (excludes halogenated alkanes) is 13. The number of hydrogen-bond acceptors (Lipinski definition) is 10. The highest BCUT2D eigenvalue weighted by Gasteiger charge is 1.97. The van der Waals surface area contributed by atoms with E-state index < -0.39 is 0 Å². The molecule has 0 N–H and O–H groups in total. The molecule has 0 saturated carbocycles. The van der Waals surface area contributed by atoms with Gasteiger partial charge < -0.3 is 47.4 Å². The smallest absolute Gasteiger partial charge is 0.0701 e. The Hall–Kier alpha value is -0.400. The van der Waals surface area contributed by atoms with Crippen LogP contribution < -0.4 is 0 Å². The molecule has 46 heavy (non-hydrogen) atoms. The van der Waals surface area contributed by atoms with Crippen LogP contribution in [0.3, 0.4) is 0 Å². The first-order valence-electron chi connectivity index (χ1n) is 18.7. The van der Waals surface area contributed by atoms with Crippen molar-refractivity contribution in [3.63, 3.8) is 0 Å². The molecule has 0 bridgehead atoms. The third-order valence-electron chi connectivity index (χ3n) is 7.19. The van der Waals surface area contributed by atoms with Crippen LogP contribution in [0.5, 0.6) is 0 Å². The minimum atomic E-state index is 0.534. The molecule has 0 aliphatic carbocycles. The van der Waals surface area contributed by atoms with Gasteiger partial charge in [0.25, 0.3) is 0 Å². The molecular formula is C36H74O10. The summed E-state index contributed by atoms with van der Waals surface area (Å²) in [6, 6.07) is 0. The Labute approximate surface area is 283 Å². The molecule has 0 aromatic heterocycles. The molecular weight excluding hydrogens is 592 g/mol. The fourth-order valence-electron chi connectivity index (χ4n) is 4.52. The van der Waals surface area contributed by atoms with E-state index in [2.05, 4.69) is 6.92 Å². The van der Waals surface area contributed by atoms with Gasteiger partial charge in [0, 0.05) is 13.2 Å². The maximum Gasteiger partial charge on any atom is 0.0701 e. The van der Waals surface area contributed by atoms with Crippen molar-refractivity contribution in [2.45, 2.75) is 104 Å². The van der Waals surface area contributed by atoms with Gasteiger partial charge in [0.05, 0.1) is 119 Å². The van der Waals surface area contributed by atoms with Crippen LogP contribution >= 0.6 is 0 Å². The van der Waals surface area contributed by atoms with Crippen LogP contribution in [0.2, 0.25) is 0 Å². The zero-order valence-electron chi connectivity index (χ0n) is 30.1. The summed E-state index contributed by atoms with van der Waals surface area (Å²) >= 11 is 0. The lowest BCUT2D eigenvalue weighted by Gasteiger charge is -2.09. The Bertz CT molecular complexity index is 471. The second-order valence-electron chi connectivity index (χ2n) is 11.3. The molecule has 0 atom stereocenters. The third-order valence-corrected chi connectivity index (χ3v) is 7.19. The minimum absolute atomic E-state index is 0.534. The summed E-state index contributed by atoms with van der Waals surface area (Å²) in [5.74, 6) is 0. The number of ether oxygens (including phenoxy) is 10. The van der Waals surface area contributed by atoms with Crippen molar-refractivity contribution < 1.29 is 47.4 Å². The summed E-state index contributed by atoms with van der Waals surface area (Å²) in [7, 11) is 0. The summed E-state index contributed by atoms with van der Waals surface area (Å²) < 4.78 is 54.7. The fraction of sp³-hybridized carbons (Fsp3) is 1.00. The van der Waals surface area contributed by atoms with E-state index in [0.717, 1.165) is 13.0 Å². The molecule has 0 aromatic carbocycles. The van der Waals surface area contributed by atoms with Crippen molar-refractivity contribution in [3.05, 3.63) is 0 Å². The number of hydrogen-bond donors (Lipinski definition) is 0. The van der Waals surface area contributed by atoms with E-state index in [9.17, 15) is 0 Å². The Morgan fingerprint density at radius 3 is 0.630 bits per heavy atom. The largest absolute Gasteiger partial charge is 0.379 e. The Kier molecular flexibility index (Phi) is 44.2. The van der Waals surface area contributed by atoms with Crippen LogP contribution in [0.4, 0.5) is 0 Å². The molecule has 0 spiro atoms. The van der Waals surface area contributed by atoms with Crippen LogP contribution in [0.25, 0.3) is 0 Å². The molecule has 0 unspecified atom stereocenters. The van der Waals surface area contributed by atoms with Crippen molar-refractivity contribution in [2.75, 3.05) is 132 Å². The monoisotopic (exact) mass is 667 g/mol. The summed E-state index contributed by atoms with van der Waals surface area (Å²) in [5.41, 5.74) is 0. The lowest BCUT2D eigenvalue weighted by molar-refractivity contribution is -0.0263. The maximum atomic E-state index is 5.68. The van der Waals surface area contributed by atoms with Crippen LogP contribution in [0, 0.1) is 0 Å². The average Bonchev–Trinajstić information content (AvgIpc) is 3.07. The Balaban J connectivity index is 3.03.